The summed E-state index contributed by atoms with van der Waals surface area (Å²) in [4.78, 5) is 12.0. The van der Waals surface area contributed by atoms with Crippen LogP contribution >= 0.6 is 0 Å². The first-order valence-corrected chi connectivity index (χ1v) is 6.53. The Morgan fingerprint density at radius 2 is 2.05 bits per heavy atom. The molecule has 0 spiro atoms. The number of anilines is 1. The van der Waals surface area contributed by atoms with Crippen LogP contribution in [0.5, 0.6) is 0 Å². The lowest BCUT2D eigenvalue weighted by Gasteiger charge is -2.15. The third-order valence-electron chi connectivity index (χ3n) is 3.73. The van der Waals surface area contributed by atoms with Crippen LogP contribution in [0.3, 0.4) is 0 Å². The van der Waals surface area contributed by atoms with Crippen molar-refractivity contribution in [1.29, 1.82) is 0 Å². The third-order valence-corrected chi connectivity index (χ3v) is 3.73. The lowest BCUT2D eigenvalue weighted by Crippen LogP contribution is -2.30. The van der Waals surface area contributed by atoms with Gasteiger partial charge in [0.25, 0.3) is 5.91 Å². The number of amides is 1. The number of nitrogens with two attached hydrogens (primary N) is 1. The number of methoxy groups -OCH3 is 1. The average molecular weight is 263 g/mol. The van der Waals surface area contributed by atoms with Crippen LogP contribution in [0.25, 0.3) is 0 Å². The lowest BCUT2D eigenvalue weighted by molar-refractivity contribution is 0.0938. The van der Waals surface area contributed by atoms with Crippen molar-refractivity contribution >= 4 is 11.6 Å². The number of carbonyl (C=O) groups is 1. The second-order valence-corrected chi connectivity index (χ2v) is 5.15. The van der Waals surface area contributed by atoms with Gasteiger partial charge < -0.3 is 15.5 Å². The molecule has 0 aromatic heterocycles. The van der Waals surface area contributed by atoms with Gasteiger partial charge in [0.2, 0.25) is 0 Å². The van der Waals surface area contributed by atoms with Gasteiger partial charge in [0.05, 0.1) is 0 Å². The molecule has 1 aromatic carbocycles. The van der Waals surface area contributed by atoms with Gasteiger partial charge >= 0.3 is 0 Å². The SMILES string of the molecule is COCCC1(CNC(=O)c2ccc(NN)cc2)CC1. The molecule has 0 radical (unpaired) electrons. The van der Waals surface area contributed by atoms with E-state index in [-0.39, 0.29) is 11.3 Å². The molecule has 19 heavy (non-hydrogen) atoms. The number of hydrogen-bond donors (Lipinski definition) is 3. The van der Waals surface area contributed by atoms with E-state index in [9.17, 15) is 4.79 Å². The molecule has 104 valence electrons. The highest BCUT2D eigenvalue weighted by Gasteiger charge is 2.42. The molecule has 1 aliphatic carbocycles. The highest BCUT2D eigenvalue weighted by atomic mass is 16.5. The fourth-order valence-electron chi connectivity index (χ4n) is 2.10. The Kier molecular flexibility index (Phi) is 4.39. The van der Waals surface area contributed by atoms with E-state index >= 15 is 0 Å². The summed E-state index contributed by atoms with van der Waals surface area (Å²) in [6, 6.07) is 7.10. The van der Waals surface area contributed by atoms with Gasteiger partial charge in [0, 0.05) is 31.5 Å². The Bertz CT molecular complexity index is 427. The molecule has 5 heteroatoms. The molecule has 0 saturated heterocycles. The summed E-state index contributed by atoms with van der Waals surface area (Å²) in [6.07, 6.45) is 3.36. The van der Waals surface area contributed by atoms with E-state index in [2.05, 4.69) is 10.7 Å². The molecule has 1 aromatic rings. The molecule has 0 aliphatic heterocycles. The van der Waals surface area contributed by atoms with Crippen molar-refractivity contribution in [3.63, 3.8) is 0 Å². The fourth-order valence-corrected chi connectivity index (χ4v) is 2.10. The first kappa shape index (κ1) is 13.8. The summed E-state index contributed by atoms with van der Waals surface area (Å²) in [5.41, 5.74) is 4.25. The van der Waals surface area contributed by atoms with Gasteiger partial charge in [0.15, 0.2) is 0 Å². The van der Waals surface area contributed by atoms with Crippen molar-refractivity contribution in [3.05, 3.63) is 29.8 Å². The van der Waals surface area contributed by atoms with Crippen LogP contribution in [0.4, 0.5) is 5.69 Å². The number of ether oxygens (including phenoxy) is 1. The Balaban J connectivity index is 1.83. The smallest absolute Gasteiger partial charge is 0.251 e. The minimum Gasteiger partial charge on any atom is -0.385 e. The average Bonchev–Trinajstić information content (AvgIpc) is 3.23. The largest absolute Gasteiger partial charge is 0.385 e. The Morgan fingerprint density at radius 1 is 1.37 bits per heavy atom. The van der Waals surface area contributed by atoms with E-state index in [0.717, 1.165) is 25.3 Å². The van der Waals surface area contributed by atoms with E-state index in [1.54, 1.807) is 31.4 Å². The zero-order valence-corrected chi connectivity index (χ0v) is 11.2. The van der Waals surface area contributed by atoms with Gasteiger partial charge in [-0.2, -0.15) is 0 Å². The molecule has 1 aliphatic rings. The highest BCUT2D eigenvalue weighted by Crippen LogP contribution is 2.48. The predicted molar refractivity (Wildman–Crippen MR) is 74.7 cm³/mol. The van der Waals surface area contributed by atoms with Crippen LogP contribution in [0.15, 0.2) is 24.3 Å². The number of rotatable bonds is 7. The first-order chi connectivity index (χ1) is 9.19. The monoisotopic (exact) mass is 263 g/mol. The maximum Gasteiger partial charge on any atom is 0.251 e. The molecule has 0 bridgehead atoms. The predicted octanol–water partition coefficient (Wildman–Crippen LogP) is 1.52. The van der Waals surface area contributed by atoms with Crippen molar-refractivity contribution in [2.45, 2.75) is 19.3 Å². The van der Waals surface area contributed by atoms with Gasteiger partial charge in [-0.1, -0.05) is 0 Å². The number of nitrogens with one attached hydrogen (secondary N) is 2. The summed E-state index contributed by atoms with van der Waals surface area (Å²) in [6.45, 7) is 1.48. The summed E-state index contributed by atoms with van der Waals surface area (Å²) in [5.74, 6) is 5.25. The first-order valence-electron chi connectivity index (χ1n) is 6.53. The second-order valence-electron chi connectivity index (χ2n) is 5.15. The standard InChI is InChI=1S/C14H21N3O2/c1-19-9-8-14(6-7-14)10-16-13(18)11-2-4-12(17-15)5-3-11/h2-5,17H,6-10,15H2,1H3,(H,16,18). The topological polar surface area (TPSA) is 76.4 Å². The molecule has 2 rings (SSSR count). The van der Waals surface area contributed by atoms with Crippen LogP contribution in [-0.4, -0.2) is 26.2 Å². The number of nitrogen functional groups attached to an aromatic ring is 1. The summed E-state index contributed by atoms with van der Waals surface area (Å²) < 4.78 is 5.10. The highest BCUT2D eigenvalue weighted by molar-refractivity contribution is 5.94. The Labute approximate surface area is 113 Å². The normalized spacial score (nSPS) is 15.9. The van der Waals surface area contributed by atoms with E-state index in [1.807, 2.05) is 0 Å². The van der Waals surface area contributed by atoms with Crippen LogP contribution in [-0.2, 0) is 4.74 Å². The summed E-state index contributed by atoms with van der Waals surface area (Å²) in [5, 5.41) is 3.00. The van der Waals surface area contributed by atoms with E-state index < -0.39 is 0 Å². The van der Waals surface area contributed by atoms with Gasteiger partial charge in [-0.3, -0.25) is 10.6 Å². The van der Waals surface area contributed by atoms with Gasteiger partial charge in [-0.05, 0) is 48.9 Å². The lowest BCUT2D eigenvalue weighted by atomic mass is 10.0. The van der Waals surface area contributed by atoms with Crippen LogP contribution in [0, 0.1) is 5.41 Å². The van der Waals surface area contributed by atoms with Crippen molar-refractivity contribution in [2.24, 2.45) is 11.3 Å². The van der Waals surface area contributed by atoms with Crippen molar-refractivity contribution in [3.8, 4) is 0 Å². The van der Waals surface area contributed by atoms with Crippen LogP contribution in [0.1, 0.15) is 29.6 Å². The van der Waals surface area contributed by atoms with E-state index in [1.165, 1.54) is 12.8 Å². The molecule has 0 heterocycles. The zero-order valence-electron chi connectivity index (χ0n) is 11.2. The minimum atomic E-state index is -0.0349. The van der Waals surface area contributed by atoms with Gasteiger partial charge in [-0.15, -0.1) is 0 Å². The Hall–Kier alpha value is -1.59. The fraction of sp³-hybridized carbons (Fsp3) is 0.500. The molecule has 0 unspecified atom stereocenters. The number of benzene rings is 1. The van der Waals surface area contributed by atoms with Crippen LogP contribution < -0.4 is 16.6 Å². The van der Waals surface area contributed by atoms with Gasteiger partial charge in [0.1, 0.15) is 0 Å². The number of hydrogen-bond acceptors (Lipinski definition) is 4. The molecule has 5 nitrogen and oxygen atoms in total. The molecule has 4 N–H and O–H groups in total. The van der Waals surface area contributed by atoms with E-state index in [0.29, 0.717) is 5.56 Å². The van der Waals surface area contributed by atoms with E-state index in [4.69, 9.17) is 10.6 Å². The van der Waals surface area contributed by atoms with Gasteiger partial charge in [-0.25, -0.2) is 0 Å². The molecule has 1 amide bonds. The van der Waals surface area contributed by atoms with Crippen molar-refractivity contribution in [1.82, 2.24) is 5.32 Å². The quantitative estimate of drug-likeness (QED) is 0.515. The Morgan fingerprint density at radius 3 is 2.58 bits per heavy atom. The molecule has 1 fully saturated rings. The summed E-state index contributed by atoms with van der Waals surface area (Å²) in [7, 11) is 1.71. The summed E-state index contributed by atoms with van der Waals surface area (Å²) >= 11 is 0. The third kappa shape index (κ3) is 3.68. The minimum absolute atomic E-state index is 0.0349. The number of hydrazine groups is 1. The second kappa shape index (κ2) is 6.04. The molecule has 1 saturated carbocycles. The van der Waals surface area contributed by atoms with Crippen LogP contribution in [0.2, 0.25) is 0 Å². The molecular weight excluding hydrogens is 242 g/mol. The molecule has 0 atom stereocenters. The maximum atomic E-state index is 12.0. The van der Waals surface area contributed by atoms with Crippen molar-refractivity contribution in [2.75, 3.05) is 25.7 Å². The zero-order chi connectivity index (χ0) is 13.7. The number of carbonyl (C=O) groups excluding carboxylic acids is 1. The molecular formula is C14H21N3O2. The maximum absolute atomic E-state index is 12.0. The van der Waals surface area contributed by atoms with Crippen molar-refractivity contribution < 1.29 is 9.53 Å².